The van der Waals surface area contributed by atoms with E-state index in [1.807, 2.05) is 17.5 Å². The Morgan fingerprint density at radius 2 is 2.64 bits per heavy atom. The molecule has 0 amide bonds. The molecule has 0 aliphatic heterocycles. The summed E-state index contributed by atoms with van der Waals surface area (Å²) in [4.78, 5) is 11.7. The summed E-state index contributed by atoms with van der Waals surface area (Å²) < 4.78 is 4.46. The molecular weight excluding hydrogens is 200 g/mol. The summed E-state index contributed by atoms with van der Waals surface area (Å²) in [5.74, 6) is -0.373. The molecule has 1 N–H and O–H groups in total. The van der Waals surface area contributed by atoms with Crippen LogP contribution in [0.2, 0.25) is 0 Å². The maximum absolute atomic E-state index is 10.8. The van der Waals surface area contributed by atoms with Gasteiger partial charge in [0.2, 0.25) is 0 Å². The topological polar surface area (TPSA) is 62.1 Å². The lowest BCUT2D eigenvalue weighted by Crippen LogP contribution is -2.27. The quantitative estimate of drug-likeness (QED) is 0.755. The summed E-state index contributed by atoms with van der Waals surface area (Å²) in [6.45, 7) is 0.0482. The summed E-state index contributed by atoms with van der Waals surface area (Å²) in [7, 11) is 1.32. The highest BCUT2D eigenvalue weighted by atomic mass is 32.1. The third kappa shape index (κ3) is 2.83. The van der Waals surface area contributed by atoms with Crippen LogP contribution in [0.4, 0.5) is 0 Å². The van der Waals surface area contributed by atoms with Gasteiger partial charge in [0.25, 0.3) is 0 Å². The van der Waals surface area contributed by atoms with Crippen molar-refractivity contribution < 1.29 is 9.53 Å². The van der Waals surface area contributed by atoms with Crippen LogP contribution in [-0.4, -0.2) is 19.6 Å². The monoisotopic (exact) mass is 210 g/mol. The summed E-state index contributed by atoms with van der Waals surface area (Å²) in [5, 5.41) is 13.5. The number of carbonyl (C=O) groups excluding carboxylic acids is 1. The van der Waals surface area contributed by atoms with Crippen LogP contribution in [0.5, 0.6) is 0 Å². The fourth-order valence-corrected chi connectivity index (χ4v) is 1.67. The third-order valence-corrected chi connectivity index (χ3v) is 2.57. The zero-order chi connectivity index (χ0) is 10.4. The van der Waals surface area contributed by atoms with E-state index in [-0.39, 0.29) is 12.5 Å². The second-order valence-electron chi connectivity index (χ2n) is 2.53. The molecule has 0 fully saturated rings. The molecule has 1 aromatic heterocycles. The van der Waals surface area contributed by atoms with E-state index in [2.05, 4.69) is 16.1 Å². The number of thiophene rings is 1. The van der Waals surface area contributed by atoms with Crippen LogP contribution in [0.15, 0.2) is 17.5 Å². The van der Waals surface area contributed by atoms with E-state index in [0.717, 1.165) is 4.88 Å². The Bertz CT molecular complexity index is 329. The lowest BCUT2D eigenvalue weighted by atomic mass is 10.2. The van der Waals surface area contributed by atoms with E-state index in [1.54, 1.807) is 0 Å². The summed E-state index contributed by atoms with van der Waals surface area (Å²) in [5.41, 5.74) is 0. The van der Waals surface area contributed by atoms with Crippen LogP contribution < -0.4 is 5.32 Å². The predicted molar refractivity (Wildman–Crippen MR) is 52.7 cm³/mol. The molecule has 0 radical (unpaired) electrons. The van der Waals surface area contributed by atoms with Crippen molar-refractivity contribution in [2.45, 2.75) is 6.04 Å². The van der Waals surface area contributed by atoms with Crippen molar-refractivity contribution in [2.24, 2.45) is 0 Å². The number of rotatable bonds is 4. The second kappa shape index (κ2) is 5.37. The van der Waals surface area contributed by atoms with Gasteiger partial charge in [-0.3, -0.25) is 10.1 Å². The highest BCUT2D eigenvalue weighted by Gasteiger charge is 2.12. The van der Waals surface area contributed by atoms with Crippen LogP contribution >= 0.6 is 11.3 Å². The number of nitrogens with one attached hydrogen (secondary N) is 1. The van der Waals surface area contributed by atoms with Crippen LogP contribution in [0.1, 0.15) is 10.9 Å². The molecule has 0 aromatic carbocycles. The van der Waals surface area contributed by atoms with Gasteiger partial charge in [0.15, 0.2) is 0 Å². The van der Waals surface area contributed by atoms with E-state index in [9.17, 15) is 4.79 Å². The summed E-state index contributed by atoms with van der Waals surface area (Å²) in [6, 6.07) is 5.35. The molecule has 1 aromatic rings. The Kier molecular flexibility index (Phi) is 4.11. The molecule has 0 aliphatic carbocycles. The zero-order valence-corrected chi connectivity index (χ0v) is 8.50. The first-order chi connectivity index (χ1) is 6.77. The molecule has 5 heteroatoms. The molecule has 1 heterocycles. The molecule has 4 nitrogen and oxygen atoms in total. The predicted octanol–water partition coefficient (Wildman–Crippen LogP) is 1.08. The minimum Gasteiger partial charge on any atom is -0.468 e. The largest absolute Gasteiger partial charge is 0.468 e. The van der Waals surface area contributed by atoms with Gasteiger partial charge < -0.3 is 4.74 Å². The van der Waals surface area contributed by atoms with Crippen molar-refractivity contribution in [1.82, 2.24) is 5.32 Å². The van der Waals surface area contributed by atoms with E-state index in [1.165, 1.54) is 18.4 Å². The van der Waals surface area contributed by atoms with E-state index in [4.69, 9.17) is 5.26 Å². The lowest BCUT2D eigenvalue weighted by Gasteiger charge is -2.07. The number of methoxy groups -OCH3 is 1. The molecule has 14 heavy (non-hydrogen) atoms. The van der Waals surface area contributed by atoms with Crippen LogP contribution in [-0.2, 0) is 9.53 Å². The second-order valence-corrected chi connectivity index (χ2v) is 3.51. The van der Waals surface area contributed by atoms with E-state index >= 15 is 0 Å². The standard InChI is InChI=1S/C9H10N2O2S/c1-13-9(12)6-11-7(5-10)8-3-2-4-14-8/h2-4,7,11H,6H2,1H3. The molecule has 1 rings (SSSR count). The van der Waals surface area contributed by atoms with Crippen molar-refractivity contribution in [2.75, 3.05) is 13.7 Å². The molecule has 0 saturated carbocycles. The lowest BCUT2D eigenvalue weighted by molar-refractivity contribution is -0.139. The van der Waals surface area contributed by atoms with Gasteiger partial charge in [-0.25, -0.2) is 0 Å². The van der Waals surface area contributed by atoms with Gasteiger partial charge in [-0.05, 0) is 11.4 Å². The maximum atomic E-state index is 10.8. The van der Waals surface area contributed by atoms with Gasteiger partial charge >= 0.3 is 5.97 Å². The fourth-order valence-electron chi connectivity index (χ4n) is 0.923. The Labute approximate surface area is 86.1 Å². The highest BCUT2D eigenvalue weighted by molar-refractivity contribution is 7.10. The van der Waals surface area contributed by atoms with Crippen molar-refractivity contribution in [1.29, 1.82) is 5.26 Å². The van der Waals surface area contributed by atoms with Gasteiger partial charge in [-0.15, -0.1) is 11.3 Å². The third-order valence-electron chi connectivity index (χ3n) is 1.63. The number of hydrogen-bond acceptors (Lipinski definition) is 5. The normalized spacial score (nSPS) is 11.7. The molecule has 0 bridgehead atoms. The minimum atomic E-state index is -0.436. The SMILES string of the molecule is COC(=O)CNC(C#N)c1cccs1. The first-order valence-corrected chi connectivity index (χ1v) is 4.89. The number of esters is 1. The van der Waals surface area contributed by atoms with Crippen LogP contribution in [0.25, 0.3) is 0 Å². The molecule has 0 saturated heterocycles. The smallest absolute Gasteiger partial charge is 0.319 e. The van der Waals surface area contributed by atoms with Crippen LogP contribution in [0, 0.1) is 11.3 Å². The van der Waals surface area contributed by atoms with Gasteiger partial charge in [-0.2, -0.15) is 5.26 Å². The van der Waals surface area contributed by atoms with Gasteiger partial charge in [0.1, 0.15) is 6.04 Å². The van der Waals surface area contributed by atoms with Crippen molar-refractivity contribution in [3.05, 3.63) is 22.4 Å². The Hall–Kier alpha value is -1.38. The van der Waals surface area contributed by atoms with Crippen molar-refractivity contribution in [3.8, 4) is 6.07 Å². The van der Waals surface area contributed by atoms with Gasteiger partial charge in [0.05, 0.1) is 19.7 Å². The summed E-state index contributed by atoms with van der Waals surface area (Å²) >= 11 is 1.48. The Morgan fingerprint density at radius 3 is 3.14 bits per heavy atom. The Balaban J connectivity index is 2.50. The number of ether oxygens (including phenoxy) is 1. The first kappa shape index (κ1) is 10.7. The molecule has 1 atom stereocenters. The van der Waals surface area contributed by atoms with Crippen molar-refractivity contribution >= 4 is 17.3 Å². The van der Waals surface area contributed by atoms with Gasteiger partial charge in [-0.1, -0.05) is 6.07 Å². The van der Waals surface area contributed by atoms with Gasteiger partial charge in [0, 0.05) is 4.88 Å². The van der Waals surface area contributed by atoms with E-state index in [0.29, 0.717) is 0 Å². The van der Waals surface area contributed by atoms with Crippen LogP contribution in [0.3, 0.4) is 0 Å². The molecular formula is C9H10N2O2S. The first-order valence-electron chi connectivity index (χ1n) is 4.01. The van der Waals surface area contributed by atoms with Crippen molar-refractivity contribution in [3.63, 3.8) is 0 Å². The number of nitriles is 1. The van der Waals surface area contributed by atoms with E-state index < -0.39 is 6.04 Å². The number of hydrogen-bond donors (Lipinski definition) is 1. The number of carbonyl (C=O) groups is 1. The average molecular weight is 210 g/mol. The molecule has 0 spiro atoms. The maximum Gasteiger partial charge on any atom is 0.319 e. The Morgan fingerprint density at radius 1 is 1.86 bits per heavy atom. The summed E-state index contributed by atoms with van der Waals surface area (Å²) in [6.07, 6.45) is 0. The molecule has 74 valence electrons. The fraction of sp³-hybridized carbons (Fsp3) is 0.333. The average Bonchev–Trinajstić information content (AvgIpc) is 2.72. The highest BCUT2D eigenvalue weighted by Crippen LogP contribution is 2.17. The molecule has 0 aliphatic rings. The number of nitrogens with zero attached hydrogens (tertiary/aromatic N) is 1. The minimum absolute atomic E-state index is 0.0482. The zero-order valence-electron chi connectivity index (χ0n) is 7.69. The molecule has 1 unspecified atom stereocenters.